The Kier molecular flexibility index (Phi) is 4.54. The van der Waals surface area contributed by atoms with E-state index in [4.69, 9.17) is 0 Å². The summed E-state index contributed by atoms with van der Waals surface area (Å²) in [7, 11) is 0. The van der Waals surface area contributed by atoms with Crippen LogP contribution in [0, 0.1) is 0 Å². The molecule has 5 heteroatoms. The highest BCUT2D eigenvalue weighted by atomic mass is 16.4. The monoisotopic (exact) mass is 362 g/mol. The number of aromatic carboxylic acids is 1. The lowest BCUT2D eigenvalue weighted by Gasteiger charge is -2.24. The van der Waals surface area contributed by atoms with Crippen molar-refractivity contribution >= 4 is 16.9 Å². The normalized spacial score (nSPS) is 15.9. The second kappa shape index (κ2) is 7.00. The maximum atomic E-state index is 12.5. The van der Waals surface area contributed by atoms with E-state index in [1.807, 2.05) is 24.3 Å². The van der Waals surface area contributed by atoms with Crippen molar-refractivity contribution in [1.29, 1.82) is 0 Å². The number of benzene rings is 2. The highest BCUT2D eigenvalue weighted by Gasteiger charge is 2.19. The van der Waals surface area contributed by atoms with E-state index in [0.29, 0.717) is 16.9 Å². The Bertz CT molecular complexity index is 1060. The van der Waals surface area contributed by atoms with Crippen molar-refractivity contribution in [2.24, 2.45) is 0 Å². The Morgan fingerprint density at radius 2 is 1.85 bits per heavy atom. The number of aromatic amines is 1. The first-order valence-electron chi connectivity index (χ1n) is 9.28. The molecule has 4 rings (SSSR count). The molecule has 1 fully saturated rings. The number of pyridine rings is 1. The van der Waals surface area contributed by atoms with E-state index in [0.717, 1.165) is 24.2 Å². The first kappa shape index (κ1) is 17.5. The molecule has 1 aromatic heterocycles. The summed E-state index contributed by atoms with van der Waals surface area (Å²) in [4.78, 5) is 29.1. The Morgan fingerprint density at radius 1 is 1.11 bits per heavy atom. The van der Waals surface area contributed by atoms with Crippen LogP contribution in [-0.2, 0) is 0 Å². The molecule has 2 heterocycles. The molecule has 0 bridgehead atoms. The van der Waals surface area contributed by atoms with Crippen molar-refractivity contribution in [2.45, 2.75) is 25.8 Å². The third kappa shape index (κ3) is 3.26. The Morgan fingerprint density at radius 3 is 2.59 bits per heavy atom. The lowest BCUT2D eigenvalue weighted by atomic mass is 9.98. The lowest BCUT2D eigenvalue weighted by Crippen LogP contribution is -2.23. The molecule has 27 heavy (non-hydrogen) atoms. The summed E-state index contributed by atoms with van der Waals surface area (Å²) in [5, 5.41) is 9.58. The standard InChI is InChI=1S/C22H22N2O3/c1-14(24-9-2-3-10-24)15-5-4-6-16(11-15)17-7-8-20-18(12-17)21(25)19(13-23-20)22(26)27/h4-8,11-14H,2-3,9-10H2,1H3,(H,23,25)(H,26,27). The van der Waals surface area contributed by atoms with Gasteiger partial charge < -0.3 is 10.1 Å². The molecule has 1 aliphatic heterocycles. The van der Waals surface area contributed by atoms with Crippen LogP contribution in [0.25, 0.3) is 22.0 Å². The number of fused-ring (bicyclic) bond motifs is 1. The molecule has 5 nitrogen and oxygen atoms in total. The van der Waals surface area contributed by atoms with E-state index >= 15 is 0 Å². The highest BCUT2D eigenvalue weighted by molar-refractivity contribution is 5.93. The number of H-pyrrole nitrogens is 1. The molecule has 0 saturated carbocycles. The van der Waals surface area contributed by atoms with Crippen LogP contribution in [0.5, 0.6) is 0 Å². The van der Waals surface area contributed by atoms with Crippen LogP contribution in [0.2, 0.25) is 0 Å². The quantitative estimate of drug-likeness (QED) is 0.734. The SMILES string of the molecule is CC(c1cccc(-c2ccc3[nH]cc(C(=O)O)c(=O)c3c2)c1)N1CCCC1. The maximum absolute atomic E-state index is 12.5. The van der Waals surface area contributed by atoms with Crippen molar-refractivity contribution < 1.29 is 9.90 Å². The van der Waals surface area contributed by atoms with Crippen LogP contribution in [0.1, 0.15) is 41.7 Å². The fraction of sp³-hybridized carbons (Fsp3) is 0.273. The average molecular weight is 362 g/mol. The largest absolute Gasteiger partial charge is 0.477 e. The van der Waals surface area contributed by atoms with Gasteiger partial charge in [-0.2, -0.15) is 0 Å². The number of carboxylic acids is 1. The van der Waals surface area contributed by atoms with Crippen molar-refractivity contribution in [3.8, 4) is 11.1 Å². The average Bonchev–Trinajstić information content (AvgIpc) is 3.22. The van der Waals surface area contributed by atoms with Gasteiger partial charge in [-0.25, -0.2) is 4.79 Å². The first-order chi connectivity index (χ1) is 13.0. The van der Waals surface area contributed by atoms with Crippen molar-refractivity contribution in [2.75, 3.05) is 13.1 Å². The zero-order chi connectivity index (χ0) is 19.0. The molecule has 3 aromatic rings. The fourth-order valence-electron chi connectivity index (χ4n) is 3.87. The topological polar surface area (TPSA) is 73.4 Å². The van der Waals surface area contributed by atoms with Crippen LogP contribution in [0.4, 0.5) is 0 Å². The summed E-state index contributed by atoms with van der Waals surface area (Å²) in [5.41, 5.74) is 3.13. The number of nitrogens with zero attached hydrogens (tertiary/aromatic N) is 1. The fourth-order valence-corrected chi connectivity index (χ4v) is 3.87. The van der Waals surface area contributed by atoms with Crippen LogP contribution in [0.15, 0.2) is 53.5 Å². The van der Waals surface area contributed by atoms with Gasteiger partial charge in [0, 0.05) is 23.1 Å². The minimum absolute atomic E-state index is 0.240. The van der Waals surface area contributed by atoms with Gasteiger partial charge in [0.25, 0.3) is 0 Å². The van der Waals surface area contributed by atoms with Crippen molar-refractivity contribution in [3.05, 3.63) is 70.0 Å². The minimum atomic E-state index is -1.22. The van der Waals surface area contributed by atoms with Crippen LogP contribution < -0.4 is 5.43 Å². The summed E-state index contributed by atoms with van der Waals surface area (Å²) >= 11 is 0. The zero-order valence-corrected chi connectivity index (χ0v) is 15.2. The Labute approximate surface area is 157 Å². The van der Waals surface area contributed by atoms with Crippen LogP contribution >= 0.6 is 0 Å². The van der Waals surface area contributed by atoms with E-state index in [-0.39, 0.29) is 5.56 Å². The zero-order valence-electron chi connectivity index (χ0n) is 15.2. The van der Waals surface area contributed by atoms with E-state index in [1.165, 1.54) is 24.6 Å². The van der Waals surface area contributed by atoms with E-state index in [9.17, 15) is 14.7 Å². The van der Waals surface area contributed by atoms with E-state index in [2.05, 4.69) is 28.9 Å². The highest BCUT2D eigenvalue weighted by Crippen LogP contribution is 2.29. The summed E-state index contributed by atoms with van der Waals surface area (Å²) in [5.74, 6) is -1.22. The number of carboxylic acid groups (broad SMARTS) is 1. The number of rotatable bonds is 4. The van der Waals surface area contributed by atoms with Gasteiger partial charge in [0.1, 0.15) is 5.56 Å². The van der Waals surface area contributed by atoms with Gasteiger partial charge in [-0.3, -0.25) is 9.69 Å². The smallest absolute Gasteiger partial charge is 0.341 e. The number of carbonyl (C=O) groups is 1. The van der Waals surface area contributed by atoms with Crippen LogP contribution in [0.3, 0.4) is 0 Å². The molecule has 0 radical (unpaired) electrons. The number of aromatic nitrogens is 1. The molecule has 2 aromatic carbocycles. The molecule has 2 N–H and O–H groups in total. The molecule has 138 valence electrons. The molecule has 0 spiro atoms. The molecule has 1 aliphatic rings. The van der Waals surface area contributed by atoms with E-state index < -0.39 is 11.4 Å². The summed E-state index contributed by atoms with van der Waals surface area (Å²) in [6.07, 6.45) is 3.76. The predicted octanol–water partition coefficient (Wildman–Crippen LogP) is 4.05. The Hall–Kier alpha value is -2.92. The molecule has 1 atom stereocenters. The summed E-state index contributed by atoms with van der Waals surface area (Å²) in [6, 6.07) is 14.3. The van der Waals surface area contributed by atoms with Gasteiger partial charge in [-0.05, 0) is 67.7 Å². The van der Waals surface area contributed by atoms with Gasteiger partial charge in [-0.15, -0.1) is 0 Å². The molecule has 0 aliphatic carbocycles. The molecule has 0 amide bonds. The van der Waals surface area contributed by atoms with Crippen molar-refractivity contribution in [3.63, 3.8) is 0 Å². The third-order valence-corrected chi connectivity index (χ3v) is 5.50. The van der Waals surface area contributed by atoms with Crippen molar-refractivity contribution in [1.82, 2.24) is 9.88 Å². The molecule has 1 unspecified atom stereocenters. The van der Waals surface area contributed by atoms with E-state index in [1.54, 1.807) is 6.07 Å². The number of likely N-dealkylation sites (tertiary alicyclic amines) is 1. The number of nitrogens with one attached hydrogen (secondary N) is 1. The van der Waals surface area contributed by atoms with Gasteiger partial charge in [-0.1, -0.05) is 24.3 Å². The number of hydrogen-bond acceptors (Lipinski definition) is 3. The van der Waals surface area contributed by atoms with Gasteiger partial charge in [0.2, 0.25) is 5.43 Å². The summed E-state index contributed by atoms with van der Waals surface area (Å²) in [6.45, 7) is 4.50. The minimum Gasteiger partial charge on any atom is -0.477 e. The molecular weight excluding hydrogens is 340 g/mol. The van der Waals surface area contributed by atoms with Crippen LogP contribution in [-0.4, -0.2) is 34.0 Å². The predicted molar refractivity (Wildman–Crippen MR) is 106 cm³/mol. The lowest BCUT2D eigenvalue weighted by molar-refractivity contribution is 0.0695. The molecule has 1 saturated heterocycles. The second-order valence-electron chi connectivity index (χ2n) is 7.14. The summed E-state index contributed by atoms with van der Waals surface area (Å²) < 4.78 is 0. The van der Waals surface area contributed by atoms with Gasteiger partial charge in [0.15, 0.2) is 0 Å². The second-order valence-corrected chi connectivity index (χ2v) is 7.14. The molecular formula is C22H22N2O3. The van der Waals surface area contributed by atoms with Gasteiger partial charge >= 0.3 is 5.97 Å². The number of hydrogen-bond donors (Lipinski definition) is 2. The third-order valence-electron chi connectivity index (χ3n) is 5.50. The Balaban J connectivity index is 1.76. The maximum Gasteiger partial charge on any atom is 0.341 e. The first-order valence-corrected chi connectivity index (χ1v) is 9.28. The van der Waals surface area contributed by atoms with Gasteiger partial charge in [0.05, 0.1) is 0 Å².